The van der Waals surface area contributed by atoms with Gasteiger partial charge in [-0.15, -0.1) is 0 Å². The summed E-state index contributed by atoms with van der Waals surface area (Å²) in [6, 6.07) is 17.7. The fraction of sp³-hybridized carbons (Fsp3) is 0.356. The fourth-order valence-electron chi connectivity index (χ4n) is 8.95. The molecule has 3 fully saturated rings. The van der Waals surface area contributed by atoms with Crippen molar-refractivity contribution in [1.29, 1.82) is 0 Å². The first kappa shape index (κ1) is 41.7. The number of carbonyl (C=O) groups excluding carboxylic acids is 4. The zero-order valence-electron chi connectivity index (χ0n) is 35.1. The van der Waals surface area contributed by atoms with Gasteiger partial charge in [-0.3, -0.25) is 29.5 Å². The maximum atomic E-state index is 16.1. The highest BCUT2D eigenvalue weighted by molar-refractivity contribution is 6.31. The highest BCUT2D eigenvalue weighted by Gasteiger charge is 2.31. The molecule has 2 aromatic carbocycles. The smallest absolute Gasteiger partial charge is 0.328 e. The molecule has 0 unspecified atom stereocenters. The van der Waals surface area contributed by atoms with E-state index in [2.05, 4.69) is 52.9 Å². The molecule has 18 heteroatoms. The van der Waals surface area contributed by atoms with E-state index in [1.54, 1.807) is 28.6 Å². The monoisotopic (exact) mass is 874 g/mol. The largest absolute Gasteiger partial charge is 0.372 e. The first-order valence-corrected chi connectivity index (χ1v) is 21.6. The van der Waals surface area contributed by atoms with Gasteiger partial charge in [0, 0.05) is 94.2 Å². The molecule has 0 aliphatic carbocycles. The summed E-state index contributed by atoms with van der Waals surface area (Å²) in [5.41, 5.74) is 10.3. The number of rotatable bonds is 9. The number of primary amides is 1. The third kappa shape index (κ3) is 8.49. The number of aromatic nitrogens is 4. The molecule has 3 saturated heterocycles. The Labute approximate surface area is 368 Å². The first-order valence-electron chi connectivity index (χ1n) is 21.3. The number of carbonyl (C=O) groups is 4. The van der Waals surface area contributed by atoms with Crippen LogP contribution in [0.1, 0.15) is 56.9 Å². The van der Waals surface area contributed by atoms with Gasteiger partial charge in [-0.2, -0.15) is 5.10 Å². The first-order chi connectivity index (χ1) is 30.4. The van der Waals surface area contributed by atoms with Crippen LogP contribution in [0.25, 0.3) is 11.3 Å². The molecule has 0 radical (unpaired) electrons. The van der Waals surface area contributed by atoms with Crippen LogP contribution in [0.3, 0.4) is 0 Å². The van der Waals surface area contributed by atoms with Gasteiger partial charge in [0.05, 0.1) is 22.1 Å². The van der Waals surface area contributed by atoms with E-state index in [1.165, 1.54) is 19.1 Å². The summed E-state index contributed by atoms with van der Waals surface area (Å²) >= 11 is 6.07. The van der Waals surface area contributed by atoms with Gasteiger partial charge in [0.15, 0.2) is 0 Å². The lowest BCUT2D eigenvalue weighted by Crippen LogP contribution is -2.49. The van der Waals surface area contributed by atoms with E-state index in [0.717, 1.165) is 81.5 Å². The number of hydrogen-bond donors (Lipinski definition) is 4. The third-order valence-electron chi connectivity index (χ3n) is 12.5. The minimum absolute atomic E-state index is 0.0455. The number of pyridine rings is 2. The predicted octanol–water partition coefficient (Wildman–Crippen LogP) is 5.89. The Morgan fingerprint density at radius 1 is 0.841 bits per heavy atom. The van der Waals surface area contributed by atoms with Gasteiger partial charge in [-0.25, -0.2) is 23.8 Å². The summed E-state index contributed by atoms with van der Waals surface area (Å²) in [6.07, 6.45) is 3.04. The molecule has 7 heterocycles. The lowest BCUT2D eigenvalue weighted by Gasteiger charge is -2.40. The lowest BCUT2D eigenvalue weighted by molar-refractivity contribution is -0.120. The zero-order chi connectivity index (χ0) is 43.9. The highest BCUT2D eigenvalue weighted by atomic mass is 35.5. The van der Waals surface area contributed by atoms with Crippen LogP contribution in [-0.2, 0) is 17.8 Å². The number of urea groups is 1. The van der Waals surface area contributed by atoms with Gasteiger partial charge in [0.2, 0.25) is 5.91 Å². The molecule has 4 aliphatic rings. The number of fused-ring (bicyclic) bond motifs is 2. The molecule has 63 heavy (non-hydrogen) atoms. The van der Waals surface area contributed by atoms with Gasteiger partial charge in [0.1, 0.15) is 34.5 Å². The van der Waals surface area contributed by atoms with Crippen molar-refractivity contribution in [2.45, 2.75) is 46.1 Å². The van der Waals surface area contributed by atoms with E-state index >= 15 is 4.39 Å². The molecule has 4 aliphatic heterocycles. The number of hydrogen-bond acceptors (Lipinski definition) is 11. The maximum absolute atomic E-state index is 16.1. The van der Waals surface area contributed by atoms with E-state index in [1.807, 2.05) is 24.3 Å². The van der Waals surface area contributed by atoms with Crippen molar-refractivity contribution >= 4 is 69.9 Å². The van der Waals surface area contributed by atoms with Crippen molar-refractivity contribution in [1.82, 2.24) is 30.0 Å². The summed E-state index contributed by atoms with van der Waals surface area (Å²) in [5, 5.41) is 13.6. The standard InChI is InChI=1S/C45H48ClFN12O4/c1-26-31(44(62)52-36-11-9-33(46)27(2)49-36)7-8-32(40(26)47)41-39(42(48)61)43-51-34-10-12-37(50-35(34)15-20-59(43)54-41)57-23-21-55(22-24-57)25-28-13-17-56(18-14-28)29-3-5-30(6-4-29)58-19-16-38(60)53-45(58)63/h3-12,28,51H,13-25H2,1-2H3,(H2,48,61)(H,49,52,62)(H,53,60,63). The molecule has 0 bridgehead atoms. The topological polar surface area (TPSA) is 187 Å². The summed E-state index contributed by atoms with van der Waals surface area (Å²) < 4.78 is 17.8. The number of nitrogens with two attached hydrogens (primary N) is 1. The fourth-order valence-corrected chi connectivity index (χ4v) is 9.05. The Morgan fingerprint density at radius 3 is 2.30 bits per heavy atom. The van der Waals surface area contributed by atoms with E-state index in [-0.39, 0.29) is 45.7 Å². The van der Waals surface area contributed by atoms with Crippen LogP contribution >= 0.6 is 11.6 Å². The number of piperidine rings is 1. The average Bonchev–Trinajstić information content (AvgIpc) is 3.54. The Morgan fingerprint density at radius 2 is 1.59 bits per heavy atom. The molecule has 326 valence electrons. The van der Waals surface area contributed by atoms with Crippen molar-refractivity contribution in [3.8, 4) is 11.3 Å². The predicted molar refractivity (Wildman–Crippen MR) is 240 cm³/mol. The van der Waals surface area contributed by atoms with E-state index in [9.17, 15) is 19.2 Å². The van der Waals surface area contributed by atoms with E-state index in [4.69, 9.17) is 22.3 Å². The van der Waals surface area contributed by atoms with Crippen LogP contribution < -0.4 is 36.4 Å². The average molecular weight is 875 g/mol. The van der Waals surface area contributed by atoms with Crippen LogP contribution in [0.2, 0.25) is 5.02 Å². The van der Waals surface area contributed by atoms with Crippen LogP contribution in [-0.4, -0.2) is 101 Å². The minimum Gasteiger partial charge on any atom is -0.372 e. The van der Waals surface area contributed by atoms with Crippen LogP contribution in [0.4, 0.5) is 43.7 Å². The van der Waals surface area contributed by atoms with Gasteiger partial charge in [-0.1, -0.05) is 11.6 Å². The van der Waals surface area contributed by atoms with E-state index < -0.39 is 17.6 Å². The number of aryl methyl sites for hydroxylation is 3. The summed E-state index contributed by atoms with van der Waals surface area (Å²) in [6.45, 7) is 10.6. The van der Waals surface area contributed by atoms with Gasteiger partial charge in [0.25, 0.3) is 11.8 Å². The number of nitrogens with zero attached hydrogens (tertiary/aromatic N) is 8. The zero-order valence-corrected chi connectivity index (χ0v) is 35.8. The van der Waals surface area contributed by atoms with Crippen LogP contribution in [0.5, 0.6) is 0 Å². The summed E-state index contributed by atoms with van der Waals surface area (Å²) in [5.74, 6) is -0.0964. The van der Waals surface area contributed by atoms with Gasteiger partial charge in [-0.05, 0) is 98.8 Å². The van der Waals surface area contributed by atoms with Crippen LogP contribution in [0.15, 0.2) is 60.7 Å². The molecule has 0 atom stereocenters. The second kappa shape index (κ2) is 17.3. The summed E-state index contributed by atoms with van der Waals surface area (Å²) in [4.78, 5) is 68.2. The highest BCUT2D eigenvalue weighted by Crippen LogP contribution is 2.37. The SMILES string of the molecule is Cc1nc(NC(=O)c2ccc(-c3nn4c(c3C(N)=O)Nc3ccc(N5CCN(CC6CCN(c7ccc(N8CCC(=O)NC8=O)cc7)CC6)CC5)nc3CC4)c(F)c2C)ccc1Cl. The minimum atomic E-state index is -0.768. The number of amides is 5. The Balaban J connectivity index is 0.803. The van der Waals surface area contributed by atoms with Crippen molar-refractivity contribution in [3.05, 3.63) is 99.6 Å². The summed E-state index contributed by atoms with van der Waals surface area (Å²) in [7, 11) is 0. The second-order valence-electron chi connectivity index (χ2n) is 16.5. The Bertz CT molecular complexity index is 2620. The number of benzene rings is 2. The van der Waals surface area contributed by atoms with Crippen molar-refractivity contribution in [2.75, 3.05) is 77.7 Å². The molecule has 5 aromatic rings. The molecule has 3 aromatic heterocycles. The number of anilines is 6. The quantitative estimate of drug-likeness (QED) is 0.139. The van der Waals surface area contributed by atoms with Crippen molar-refractivity contribution in [2.24, 2.45) is 11.7 Å². The van der Waals surface area contributed by atoms with E-state index in [0.29, 0.717) is 54.1 Å². The maximum Gasteiger partial charge on any atom is 0.328 e. The molecule has 9 rings (SSSR count). The second-order valence-corrected chi connectivity index (χ2v) is 16.9. The molecule has 16 nitrogen and oxygen atoms in total. The third-order valence-corrected chi connectivity index (χ3v) is 12.9. The number of imide groups is 1. The molecular formula is C45H48ClFN12O4. The molecule has 5 amide bonds. The number of piperazine rings is 1. The van der Waals surface area contributed by atoms with Gasteiger partial charge >= 0.3 is 6.03 Å². The normalized spacial score (nSPS) is 17.1. The Hall–Kier alpha value is -6.59. The van der Waals surface area contributed by atoms with Crippen molar-refractivity contribution < 1.29 is 23.6 Å². The molecule has 0 spiro atoms. The number of nitrogens with one attached hydrogen (secondary N) is 3. The molecule has 5 N–H and O–H groups in total. The lowest BCUT2D eigenvalue weighted by atomic mass is 9.95. The molecular weight excluding hydrogens is 827 g/mol. The Kier molecular flexibility index (Phi) is 11.5. The van der Waals surface area contributed by atoms with Crippen molar-refractivity contribution in [3.63, 3.8) is 0 Å². The van der Waals surface area contributed by atoms with Gasteiger partial charge < -0.3 is 26.2 Å². The van der Waals surface area contributed by atoms with Crippen LogP contribution in [0, 0.1) is 25.6 Å². The molecule has 0 saturated carbocycles. The number of halogens is 2.